The van der Waals surface area contributed by atoms with Crippen molar-refractivity contribution in [2.45, 2.75) is 12.5 Å². The van der Waals surface area contributed by atoms with Crippen LogP contribution >= 0.6 is 11.6 Å². The maximum Gasteiger partial charge on any atom is 0.138 e. The Labute approximate surface area is 142 Å². The van der Waals surface area contributed by atoms with Gasteiger partial charge in [-0.15, -0.1) is 0 Å². The van der Waals surface area contributed by atoms with E-state index in [1.165, 1.54) is 5.56 Å². The molecule has 3 rings (SSSR count). The third kappa shape index (κ3) is 4.71. The minimum absolute atomic E-state index is 0.000977. The van der Waals surface area contributed by atoms with Gasteiger partial charge in [0.25, 0.3) is 0 Å². The SMILES string of the molecule is Clc1ccccc1OC(CCN1CCOCC1)c1ccccc1. The smallest absolute Gasteiger partial charge is 0.138 e. The number of hydrogen-bond acceptors (Lipinski definition) is 3. The van der Waals surface area contributed by atoms with Crippen LogP contribution in [0.15, 0.2) is 54.6 Å². The topological polar surface area (TPSA) is 21.7 Å². The summed E-state index contributed by atoms with van der Waals surface area (Å²) in [5.41, 5.74) is 1.18. The second-order valence-corrected chi connectivity index (χ2v) is 6.10. The largest absolute Gasteiger partial charge is 0.484 e. The zero-order valence-electron chi connectivity index (χ0n) is 13.2. The molecule has 0 amide bonds. The molecule has 0 aromatic heterocycles. The first-order chi connectivity index (χ1) is 11.3. The fourth-order valence-electron chi connectivity index (χ4n) is 2.78. The minimum atomic E-state index is -0.000977. The van der Waals surface area contributed by atoms with Crippen molar-refractivity contribution < 1.29 is 9.47 Å². The van der Waals surface area contributed by atoms with Crippen molar-refractivity contribution in [2.24, 2.45) is 0 Å². The zero-order valence-corrected chi connectivity index (χ0v) is 13.9. The number of nitrogens with zero attached hydrogens (tertiary/aromatic N) is 1. The van der Waals surface area contributed by atoms with Crippen molar-refractivity contribution >= 4 is 11.6 Å². The van der Waals surface area contributed by atoms with Gasteiger partial charge in [-0.3, -0.25) is 4.90 Å². The molecule has 0 aliphatic carbocycles. The zero-order chi connectivity index (χ0) is 15.9. The third-order valence-corrected chi connectivity index (χ3v) is 4.40. The molecule has 1 saturated heterocycles. The van der Waals surface area contributed by atoms with Crippen LogP contribution in [-0.4, -0.2) is 37.7 Å². The van der Waals surface area contributed by atoms with Crippen molar-refractivity contribution in [1.29, 1.82) is 0 Å². The molecule has 0 bridgehead atoms. The molecule has 0 saturated carbocycles. The molecule has 1 fully saturated rings. The highest BCUT2D eigenvalue weighted by molar-refractivity contribution is 6.32. The molecule has 0 N–H and O–H groups in total. The number of morpholine rings is 1. The summed E-state index contributed by atoms with van der Waals surface area (Å²) in [6.07, 6.45) is 0.925. The van der Waals surface area contributed by atoms with Gasteiger partial charge in [-0.25, -0.2) is 0 Å². The van der Waals surface area contributed by atoms with Crippen LogP contribution in [0, 0.1) is 0 Å². The van der Waals surface area contributed by atoms with E-state index in [0.29, 0.717) is 5.02 Å². The normalized spacial score (nSPS) is 16.9. The first-order valence-electron chi connectivity index (χ1n) is 8.09. The van der Waals surface area contributed by atoms with E-state index in [4.69, 9.17) is 21.1 Å². The average Bonchev–Trinajstić information content (AvgIpc) is 2.62. The van der Waals surface area contributed by atoms with Crippen molar-refractivity contribution in [1.82, 2.24) is 4.90 Å². The third-order valence-electron chi connectivity index (χ3n) is 4.09. The molecule has 1 aliphatic rings. The number of benzene rings is 2. The Morgan fingerprint density at radius 3 is 2.43 bits per heavy atom. The molecule has 2 aromatic carbocycles. The predicted octanol–water partition coefficient (Wildman–Crippen LogP) is 4.18. The summed E-state index contributed by atoms with van der Waals surface area (Å²) < 4.78 is 11.6. The standard InChI is InChI=1S/C19H22ClNO2/c20-17-8-4-5-9-19(17)23-18(16-6-2-1-3-7-16)10-11-21-12-14-22-15-13-21/h1-9,18H,10-15H2. The summed E-state index contributed by atoms with van der Waals surface area (Å²) in [4.78, 5) is 2.43. The van der Waals surface area contributed by atoms with Gasteiger partial charge in [-0.05, 0) is 17.7 Å². The molecule has 3 nitrogen and oxygen atoms in total. The number of halogens is 1. The van der Waals surface area contributed by atoms with Gasteiger partial charge in [0, 0.05) is 26.1 Å². The summed E-state index contributed by atoms with van der Waals surface area (Å²) in [6, 6.07) is 18.0. The first kappa shape index (κ1) is 16.3. The molecular formula is C19H22ClNO2. The van der Waals surface area contributed by atoms with Crippen LogP contribution in [0.3, 0.4) is 0 Å². The quantitative estimate of drug-likeness (QED) is 0.792. The fourth-order valence-corrected chi connectivity index (χ4v) is 2.96. The molecular weight excluding hydrogens is 310 g/mol. The van der Waals surface area contributed by atoms with Crippen LogP contribution in [0.1, 0.15) is 18.1 Å². The lowest BCUT2D eigenvalue weighted by atomic mass is 10.1. The van der Waals surface area contributed by atoms with Crippen molar-refractivity contribution in [3.8, 4) is 5.75 Å². The molecule has 4 heteroatoms. The summed E-state index contributed by atoms with van der Waals surface area (Å²) in [5, 5.41) is 0.653. The molecule has 2 aromatic rings. The summed E-state index contributed by atoms with van der Waals surface area (Å²) in [7, 11) is 0. The number of para-hydroxylation sites is 1. The van der Waals surface area contributed by atoms with E-state index < -0.39 is 0 Å². The van der Waals surface area contributed by atoms with Gasteiger partial charge >= 0.3 is 0 Å². The summed E-state index contributed by atoms with van der Waals surface area (Å²) >= 11 is 6.25. The van der Waals surface area contributed by atoms with Gasteiger partial charge in [0.15, 0.2) is 0 Å². The summed E-state index contributed by atoms with van der Waals surface area (Å²) in [5.74, 6) is 0.741. The van der Waals surface area contributed by atoms with Gasteiger partial charge < -0.3 is 9.47 Å². The molecule has 1 aliphatic heterocycles. The van der Waals surface area contributed by atoms with Crippen LogP contribution in [0.4, 0.5) is 0 Å². The predicted molar refractivity (Wildman–Crippen MR) is 93.1 cm³/mol. The van der Waals surface area contributed by atoms with Crippen LogP contribution in [0.5, 0.6) is 5.75 Å². The second kappa shape index (κ2) is 8.34. The van der Waals surface area contributed by atoms with Crippen LogP contribution in [-0.2, 0) is 4.74 Å². The molecule has 1 atom stereocenters. The lowest BCUT2D eigenvalue weighted by molar-refractivity contribution is 0.0317. The molecule has 122 valence electrons. The Bertz CT molecular complexity index is 599. The maximum atomic E-state index is 6.25. The Morgan fingerprint density at radius 1 is 1.00 bits per heavy atom. The highest BCUT2D eigenvalue weighted by Gasteiger charge is 2.18. The molecule has 0 spiro atoms. The number of ether oxygens (including phenoxy) is 2. The lowest BCUT2D eigenvalue weighted by Crippen LogP contribution is -2.37. The van der Waals surface area contributed by atoms with Gasteiger partial charge in [0.2, 0.25) is 0 Å². The van der Waals surface area contributed by atoms with Crippen molar-refractivity contribution in [3.05, 3.63) is 65.2 Å². The van der Waals surface area contributed by atoms with E-state index in [1.807, 2.05) is 42.5 Å². The van der Waals surface area contributed by atoms with E-state index >= 15 is 0 Å². The van der Waals surface area contributed by atoms with Crippen molar-refractivity contribution in [3.63, 3.8) is 0 Å². The number of rotatable bonds is 6. The van der Waals surface area contributed by atoms with Gasteiger partial charge in [-0.2, -0.15) is 0 Å². The van der Waals surface area contributed by atoms with Crippen molar-refractivity contribution in [2.75, 3.05) is 32.8 Å². The molecule has 0 radical (unpaired) electrons. The molecule has 23 heavy (non-hydrogen) atoms. The van der Waals surface area contributed by atoms with Gasteiger partial charge in [-0.1, -0.05) is 54.1 Å². The Balaban J connectivity index is 1.70. The van der Waals surface area contributed by atoms with Crippen LogP contribution in [0.25, 0.3) is 0 Å². The first-order valence-corrected chi connectivity index (χ1v) is 8.47. The Morgan fingerprint density at radius 2 is 1.70 bits per heavy atom. The minimum Gasteiger partial charge on any atom is -0.484 e. The highest BCUT2D eigenvalue weighted by atomic mass is 35.5. The van der Waals surface area contributed by atoms with E-state index in [2.05, 4.69) is 17.0 Å². The van der Waals surface area contributed by atoms with Crippen LogP contribution < -0.4 is 4.74 Å². The van der Waals surface area contributed by atoms with E-state index in [1.54, 1.807) is 0 Å². The Hall–Kier alpha value is -1.55. The van der Waals surface area contributed by atoms with E-state index in [9.17, 15) is 0 Å². The average molecular weight is 332 g/mol. The van der Waals surface area contributed by atoms with Gasteiger partial charge in [0.1, 0.15) is 11.9 Å². The van der Waals surface area contributed by atoms with Gasteiger partial charge in [0.05, 0.1) is 18.2 Å². The van der Waals surface area contributed by atoms with E-state index in [0.717, 1.165) is 45.0 Å². The fraction of sp³-hybridized carbons (Fsp3) is 0.368. The second-order valence-electron chi connectivity index (χ2n) is 5.69. The molecule has 1 unspecified atom stereocenters. The molecule has 1 heterocycles. The monoisotopic (exact) mass is 331 g/mol. The summed E-state index contributed by atoms with van der Waals surface area (Å²) in [6.45, 7) is 4.62. The highest BCUT2D eigenvalue weighted by Crippen LogP contribution is 2.30. The number of hydrogen-bond donors (Lipinski definition) is 0. The van der Waals surface area contributed by atoms with E-state index in [-0.39, 0.29) is 6.10 Å². The Kier molecular flexibility index (Phi) is 5.92. The maximum absolute atomic E-state index is 6.25. The van der Waals surface area contributed by atoms with Crippen LogP contribution in [0.2, 0.25) is 5.02 Å². The lowest BCUT2D eigenvalue weighted by Gasteiger charge is -2.28.